The van der Waals surface area contributed by atoms with E-state index >= 15 is 0 Å². The van der Waals surface area contributed by atoms with Gasteiger partial charge in [0.2, 0.25) is 0 Å². The summed E-state index contributed by atoms with van der Waals surface area (Å²) in [5, 5.41) is 14.5. The van der Waals surface area contributed by atoms with Gasteiger partial charge >= 0.3 is 0 Å². The van der Waals surface area contributed by atoms with E-state index in [1.54, 1.807) is 0 Å². The molecule has 0 saturated heterocycles. The molecule has 0 spiro atoms. The Labute approximate surface area is 117 Å². The predicted octanol–water partition coefficient (Wildman–Crippen LogP) is 3.10. The molecular weight excluding hydrogens is 250 g/mol. The van der Waals surface area contributed by atoms with Crippen molar-refractivity contribution in [3.8, 4) is 22.5 Å². The van der Waals surface area contributed by atoms with E-state index in [4.69, 9.17) is 4.98 Å². The molecular formula is C15H17N5. The third-order valence-electron chi connectivity index (χ3n) is 3.52. The Morgan fingerprint density at radius 2 is 1.20 bits per heavy atom. The highest BCUT2D eigenvalue weighted by Gasteiger charge is 2.14. The van der Waals surface area contributed by atoms with E-state index in [-0.39, 0.29) is 0 Å². The Morgan fingerprint density at radius 1 is 0.750 bits per heavy atom. The van der Waals surface area contributed by atoms with E-state index in [0.29, 0.717) is 0 Å². The van der Waals surface area contributed by atoms with Crippen LogP contribution in [0.3, 0.4) is 0 Å². The maximum absolute atomic E-state index is 4.78. The summed E-state index contributed by atoms with van der Waals surface area (Å²) in [5.41, 5.74) is 8.02. The van der Waals surface area contributed by atoms with Crippen LogP contribution in [-0.2, 0) is 0 Å². The second kappa shape index (κ2) is 4.59. The number of rotatable bonds is 2. The molecule has 102 valence electrons. The van der Waals surface area contributed by atoms with Crippen molar-refractivity contribution in [1.82, 2.24) is 25.4 Å². The zero-order valence-corrected chi connectivity index (χ0v) is 12.1. The van der Waals surface area contributed by atoms with Crippen molar-refractivity contribution in [2.45, 2.75) is 27.7 Å². The highest BCUT2D eigenvalue weighted by molar-refractivity contribution is 5.70. The number of nitrogens with zero attached hydrogens (tertiary/aromatic N) is 3. The molecule has 0 aromatic carbocycles. The summed E-state index contributed by atoms with van der Waals surface area (Å²) in [7, 11) is 0. The quantitative estimate of drug-likeness (QED) is 0.749. The van der Waals surface area contributed by atoms with E-state index in [9.17, 15) is 0 Å². The molecule has 3 aromatic heterocycles. The van der Waals surface area contributed by atoms with E-state index in [1.807, 2.05) is 45.9 Å². The highest BCUT2D eigenvalue weighted by atomic mass is 15.1. The topological polar surface area (TPSA) is 70.2 Å². The van der Waals surface area contributed by atoms with Gasteiger partial charge in [-0.05, 0) is 39.8 Å². The van der Waals surface area contributed by atoms with Crippen molar-refractivity contribution in [2.24, 2.45) is 0 Å². The molecule has 3 rings (SSSR count). The van der Waals surface area contributed by atoms with Crippen LogP contribution in [0.2, 0.25) is 0 Å². The van der Waals surface area contributed by atoms with Gasteiger partial charge in [-0.3, -0.25) is 10.2 Å². The first-order valence-electron chi connectivity index (χ1n) is 6.59. The molecule has 0 aliphatic heterocycles. The molecule has 0 aliphatic rings. The van der Waals surface area contributed by atoms with Crippen LogP contribution >= 0.6 is 0 Å². The van der Waals surface area contributed by atoms with Crippen LogP contribution in [-0.4, -0.2) is 25.4 Å². The summed E-state index contributed by atoms with van der Waals surface area (Å²) < 4.78 is 0. The Kier molecular flexibility index (Phi) is 2.89. The Hall–Kier alpha value is -2.43. The van der Waals surface area contributed by atoms with E-state index in [2.05, 4.69) is 20.4 Å². The zero-order chi connectivity index (χ0) is 14.3. The SMILES string of the molecule is Cc1n[nH]c(C)c1-c1cccc(-c2c(C)n[nH]c2C)n1. The molecule has 0 aliphatic carbocycles. The fraction of sp³-hybridized carbons (Fsp3) is 0.267. The van der Waals surface area contributed by atoms with Gasteiger partial charge in [-0.15, -0.1) is 0 Å². The van der Waals surface area contributed by atoms with E-state index < -0.39 is 0 Å². The molecule has 0 radical (unpaired) electrons. The molecule has 0 fully saturated rings. The van der Waals surface area contributed by atoms with Crippen LogP contribution in [0.4, 0.5) is 0 Å². The summed E-state index contributed by atoms with van der Waals surface area (Å²) in [4.78, 5) is 4.78. The zero-order valence-electron chi connectivity index (χ0n) is 12.1. The third-order valence-corrected chi connectivity index (χ3v) is 3.52. The minimum absolute atomic E-state index is 0.936. The molecule has 5 nitrogen and oxygen atoms in total. The average Bonchev–Trinajstić information content (AvgIpc) is 2.93. The van der Waals surface area contributed by atoms with Crippen molar-refractivity contribution in [2.75, 3.05) is 0 Å². The second-order valence-corrected chi connectivity index (χ2v) is 5.03. The molecule has 3 aromatic rings. The van der Waals surface area contributed by atoms with Crippen molar-refractivity contribution >= 4 is 0 Å². The standard InChI is InChI=1S/C15H17N5/c1-8-14(9(2)18-17-8)12-6-5-7-13(16-12)15-10(3)19-20-11(15)4/h5-7H,1-4H3,(H,17,18)(H,19,20). The molecule has 0 amide bonds. The largest absolute Gasteiger partial charge is 0.282 e. The van der Waals surface area contributed by atoms with Gasteiger partial charge in [-0.25, -0.2) is 4.98 Å². The Morgan fingerprint density at radius 3 is 1.55 bits per heavy atom. The molecule has 3 heterocycles. The molecule has 2 N–H and O–H groups in total. The molecule has 0 bridgehead atoms. The maximum atomic E-state index is 4.78. The lowest BCUT2D eigenvalue weighted by Gasteiger charge is -2.05. The van der Waals surface area contributed by atoms with Gasteiger partial charge in [0.25, 0.3) is 0 Å². The van der Waals surface area contributed by atoms with Gasteiger partial charge in [0, 0.05) is 22.5 Å². The monoisotopic (exact) mass is 267 g/mol. The smallest absolute Gasteiger partial charge is 0.0746 e. The summed E-state index contributed by atoms with van der Waals surface area (Å²) in [6, 6.07) is 6.05. The predicted molar refractivity (Wildman–Crippen MR) is 78.3 cm³/mol. The number of H-pyrrole nitrogens is 2. The lowest BCUT2D eigenvalue weighted by Crippen LogP contribution is -1.91. The lowest BCUT2D eigenvalue weighted by molar-refractivity contribution is 1.02. The summed E-state index contributed by atoms with van der Waals surface area (Å²) in [6.45, 7) is 8.00. The molecule has 0 unspecified atom stereocenters. The van der Waals surface area contributed by atoms with Gasteiger partial charge in [0.15, 0.2) is 0 Å². The van der Waals surface area contributed by atoms with Crippen LogP contribution in [0.5, 0.6) is 0 Å². The average molecular weight is 267 g/mol. The van der Waals surface area contributed by atoms with Gasteiger partial charge < -0.3 is 0 Å². The van der Waals surface area contributed by atoms with Gasteiger partial charge in [0.05, 0.1) is 22.8 Å². The van der Waals surface area contributed by atoms with Crippen LogP contribution in [0.1, 0.15) is 22.8 Å². The molecule has 0 saturated carbocycles. The molecule has 5 heteroatoms. The molecule has 20 heavy (non-hydrogen) atoms. The number of nitrogens with one attached hydrogen (secondary N) is 2. The number of aromatic nitrogens is 5. The summed E-state index contributed by atoms with van der Waals surface area (Å²) in [5.74, 6) is 0. The number of aryl methyl sites for hydroxylation is 4. The van der Waals surface area contributed by atoms with Crippen LogP contribution < -0.4 is 0 Å². The third kappa shape index (κ3) is 1.91. The van der Waals surface area contributed by atoms with Gasteiger partial charge in [-0.2, -0.15) is 10.2 Å². The first-order valence-corrected chi connectivity index (χ1v) is 6.59. The fourth-order valence-corrected chi connectivity index (χ4v) is 2.57. The first kappa shape index (κ1) is 12.6. The number of pyridine rings is 1. The summed E-state index contributed by atoms with van der Waals surface area (Å²) >= 11 is 0. The summed E-state index contributed by atoms with van der Waals surface area (Å²) in [6.07, 6.45) is 0. The Bertz CT molecular complexity index is 666. The minimum atomic E-state index is 0.936. The van der Waals surface area contributed by atoms with Crippen LogP contribution in [0.25, 0.3) is 22.5 Å². The van der Waals surface area contributed by atoms with Crippen molar-refractivity contribution in [1.29, 1.82) is 0 Å². The fourth-order valence-electron chi connectivity index (χ4n) is 2.57. The number of aromatic amines is 2. The maximum Gasteiger partial charge on any atom is 0.0746 e. The first-order chi connectivity index (χ1) is 9.58. The minimum Gasteiger partial charge on any atom is -0.282 e. The van der Waals surface area contributed by atoms with Crippen molar-refractivity contribution in [3.05, 3.63) is 41.0 Å². The van der Waals surface area contributed by atoms with Crippen molar-refractivity contribution < 1.29 is 0 Å². The Balaban J connectivity index is 2.16. The van der Waals surface area contributed by atoms with E-state index in [0.717, 1.165) is 45.3 Å². The van der Waals surface area contributed by atoms with Gasteiger partial charge in [0.1, 0.15) is 0 Å². The second-order valence-electron chi connectivity index (χ2n) is 5.03. The van der Waals surface area contributed by atoms with Crippen LogP contribution in [0.15, 0.2) is 18.2 Å². The highest BCUT2D eigenvalue weighted by Crippen LogP contribution is 2.28. The van der Waals surface area contributed by atoms with Crippen LogP contribution in [0, 0.1) is 27.7 Å². The molecule has 0 atom stereocenters. The van der Waals surface area contributed by atoms with Gasteiger partial charge in [-0.1, -0.05) is 6.07 Å². The van der Waals surface area contributed by atoms with E-state index in [1.165, 1.54) is 0 Å². The number of hydrogen-bond acceptors (Lipinski definition) is 3. The number of hydrogen-bond donors (Lipinski definition) is 2. The lowest BCUT2D eigenvalue weighted by atomic mass is 10.1. The van der Waals surface area contributed by atoms with Crippen molar-refractivity contribution in [3.63, 3.8) is 0 Å². The normalized spacial score (nSPS) is 11.0.